The zero-order chi connectivity index (χ0) is 19.2. The van der Waals surface area contributed by atoms with E-state index in [1.807, 2.05) is 12.3 Å². The van der Waals surface area contributed by atoms with Gasteiger partial charge in [-0.3, -0.25) is 4.79 Å². The lowest BCUT2D eigenvalue weighted by atomic mass is 9.87. The highest BCUT2D eigenvalue weighted by Gasteiger charge is 2.22. The SMILES string of the molecule is CCc1cccc2c(C(CC(=O)NCCOC)c3ccc(F)cc3)c[nH]c12. The van der Waals surface area contributed by atoms with Crippen LogP contribution in [0.3, 0.4) is 0 Å². The van der Waals surface area contributed by atoms with E-state index in [1.54, 1.807) is 19.2 Å². The van der Waals surface area contributed by atoms with Crippen LogP contribution in [0.2, 0.25) is 0 Å². The fraction of sp³-hybridized carbons (Fsp3) is 0.318. The van der Waals surface area contributed by atoms with Crippen molar-refractivity contribution in [1.82, 2.24) is 10.3 Å². The Morgan fingerprint density at radius 3 is 2.70 bits per heavy atom. The average molecular weight is 368 g/mol. The zero-order valence-corrected chi connectivity index (χ0v) is 15.7. The van der Waals surface area contributed by atoms with Gasteiger partial charge in [0.25, 0.3) is 0 Å². The molecule has 0 spiro atoms. The van der Waals surface area contributed by atoms with Crippen LogP contribution in [0.1, 0.15) is 36.0 Å². The molecule has 2 aromatic carbocycles. The Hall–Kier alpha value is -2.66. The van der Waals surface area contributed by atoms with Crippen molar-refractivity contribution in [2.24, 2.45) is 0 Å². The van der Waals surface area contributed by atoms with Crippen LogP contribution in [0.4, 0.5) is 4.39 Å². The Balaban J connectivity index is 1.97. The van der Waals surface area contributed by atoms with Crippen molar-refractivity contribution in [3.8, 4) is 0 Å². The summed E-state index contributed by atoms with van der Waals surface area (Å²) in [6.45, 7) is 3.06. The smallest absolute Gasteiger partial charge is 0.221 e. The third kappa shape index (κ3) is 4.37. The molecule has 5 heteroatoms. The van der Waals surface area contributed by atoms with Crippen LogP contribution in [0.5, 0.6) is 0 Å². The number of carbonyl (C=O) groups excluding carboxylic acids is 1. The third-order valence-electron chi connectivity index (χ3n) is 4.88. The van der Waals surface area contributed by atoms with Crippen LogP contribution in [-0.2, 0) is 16.0 Å². The molecule has 0 bridgehead atoms. The maximum atomic E-state index is 13.4. The predicted molar refractivity (Wildman–Crippen MR) is 105 cm³/mol. The average Bonchev–Trinajstić information content (AvgIpc) is 3.11. The topological polar surface area (TPSA) is 54.1 Å². The Morgan fingerprint density at radius 2 is 2.00 bits per heavy atom. The van der Waals surface area contributed by atoms with Crippen molar-refractivity contribution >= 4 is 16.8 Å². The van der Waals surface area contributed by atoms with Gasteiger partial charge in [-0.1, -0.05) is 37.3 Å². The Kier molecular flexibility index (Phi) is 6.24. The minimum absolute atomic E-state index is 0.0534. The number of nitrogens with one attached hydrogen (secondary N) is 2. The lowest BCUT2D eigenvalue weighted by Crippen LogP contribution is -2.28. The normalized spacial score (nSPS) is 12.3. The highest BCUT2D eigenvalue weighted by molar-refractivity contribution is 5.88. The van der Waals surface area contributed by atoms with Gasteiger partial charge in [-0.2, -0.15) is 0 Å². The number of aromatic nitrogens is 1. The number of aromatic amines is 1. The molecule has 0 saturated carbocycles. The monoisotopic (exact) mass is 368 g/mol. The van der Waals surface area contributed by atoms with Crippen molar-refractivity contribution in [2.45, 2.75) is 25.7 Å². The van der Waals surface area contributed by atoms with Gasteiger partial charge in [-0.05, 0) is 35.2 Å². The number of methoxy groups -OCH3 is 1. The molecule has 1 aromatic heterocycles. The fourth-order valence-electron chi connectivity index (χ4n) is 3.47. The molecule has 27 heavy (non-hydrogen) atoms. The van der Waals surface area contributed by atoms with E-state index in [0.29, 0.717) is 19.6 Å². The first-order valence-corrected chi connectivity index (χ1v) is 9.24. The van der Waals surface area contributed by atoms with E-state index in [2.05, 4.69) is 29.4 Å². The van der Waals surface area contributed by atoms with Crippen molar-refractivity contribution in [1.29, 1.82) is 0 Å². The van der Waals surface area contributed by atoms with E-state index in [0.717, 1.165) is 28.5 Å². The Morgan fingerprint density at radius 1 is 1.22 bits per heavy atom. The lowest BCUT2D eigenvalue weighted by molar-refractivity contribution is -0.121. The summed E-state index contributed by atoms with van der Waals surface area (Å²) >= 11 is 0. The maximum absolute atomic E-state index is 13.4. The highest BCUT2D eigenvalue weighted by atomic mass is 19.1. The van der Waals surface area contributed by atoms with Crippen molar-refractivity contribution < 1.29 is 13.9 Å². The summed E-state index contributed by atoms with van der Waals surface area (Å²) < 4.78 is 18.4. The van der Waals surface area contributed by atoms with Gasteiger partial charge in [0.1, 0.15) is 5.82 Å². The number of benzene rings is 2. The molecular weight excluding hydrogens is 343 g/mol. The van der Waals surface area contributed by atoms with Crippen LogP contribution in [0.15, 0.2) is 48.7 Å². The molecule has 0 aliphatic rings. The van der Waals surface area contributed by atoms with Gasteiger partial charge in [-0.25, -0.2) is 4.39 Å². The van der Waals surface area contributed by atoms with Crippen LogP contribution in [0, 0.1) is 5.82 Å². The first kappa shape index (κ1) is 19.1. The second-order valence-electron chi connectivity index (χ2n) is 6.59. The minimum atomic E-state index is -0.283. The molecule has 0 aliphatic carbocycles. The predicted octanol–water partition coefficient (Wildman–Crippen LogP) is 4.15. The fourth-order valence-corrected chi connectivity index (χ4v) is 3.47. The van der Waals surface area contributed by atoms with E-state index in [-0.39, 0.29) is 17.6 Å². The lowest BCUT2D eigenvalue weighted by Gasteiger charge is -2.17. The van der Waals surface area contributed by atoms with Crippen LogP contribution in [0.25, 0.3) is 10.9 Å². The number of ether oxygens (including phenoxy) is 1. The van der Waals surface area contributed by atoms with E-state index in [9.17, 15) is 9.18 Å². The van der Waals surface area contributed by atoms with Gasteiger partial charge in [0.2, 0.25) is 5.91 Å². The van der Waals surface area contributed by atoms with Gasteiger partial charge in [0.05, 0.1) is 6.61 Å². The largest absolute Gasteiger partial charge is 0.383 e. The number of H-pyrrole nitrogens is 1. The zero-order valence-electron chi connectivity index (χ0n) is 15.7. The summed E-state index contributed by atoms with van der Waals surface area (Å²) in [7, 11) is 1.60. The van der Waals surface area contributed by atoms with Gasteiger partial charge < -0.3 is 15.0 Å². The summed E-state index contributed by atoms with van der Waals surface area (Å²) in [6, 6.07) is 12.6. The molecule has 3 rings (SSSR count). The number of hydrogen-bond acceptors (Lipinski definition) is 2. The third-order valence-corrected chi connectivity index (χ3v) is 4.88. The number of rotatable bonds is 8. The molecule has 142 valence electrons. The highest BCUT2D eigenvalue weighted by Crippen LogP contribution is 2.34. The summed E-state index contributed by atoms with van der Waals surface area (Å²) in [5.74, 6) is -0.495. The second kappa shape index (κ2) is 8.82. The molecule has 1 heterocycles. The molecule has 3 aromatic rings. The first-order chi connectivity index (χ1) is 13.1. The molecule has 1 atom stereocenters. The number of halogens is 1. The number of hydrogen-bond donors (Lipinski definition) is 2. The van der Waals surface area contributed by atoms with Gasteiger partial charge in [0, 0.05) is 43.1 Å². The van der Waals surface area contributed by atoms with E-state index in [4.69, 9.17) is 4.74 Å². The summed E-state index contributed by atoms with van der Waals surface area (Å²) in [5, 5.41) is 3.98. The van der Waals surface area contributed by atoms with E-state index in [1.165, 1.54) is 17.7 Å². The second-order valence-corrected chi connectivity index (χ2v) is 6.59. The molecule has 1 unspecified atom stereocenters. The number of aryl methyl sites for hydroxylation is 1. The minimum Gasteiger partial charge on any atom is -0.383 e. The van der Waals surface area contributed by atoms with E-state index >= 15 is 0 Å². The van der Waals surface area contributed by atoms with Gasteiger partial charge in [0.15, 0.2) is 0 Å². The molecule has 1 amide bonds. The quantitative estimate of drug-likeness (QED) is 0.587. The molecule has 4 nitrogen and oxygen atoms in total. The molecule has 2 N–H and O–H groups in total. The summed E-state index contributed by atoms with van der Waals surface area (Å²) in [5.41, 5.74) is 4.30. The molecule has 0 fully saturated rings. The number of amides is 1. The number of carbonyl (C=O) groups is 1. The molecule has 0 aliphatic heterocycles. The van der Waals surface area contributed by atoms with Gasteiger partial charge in [-0.15, -0.1) is 0 Å². The van der Waals surface area contributed by atoms with Crippen LogP contribution in [-0.4, -0.2) is 31.2 Å². The Labute approximate surface area is 158 Å². The first-order valence-electron chi connectivity index (χ1n) is 9.24. The van der Waals surface area contributed by atoms with Crippen LogP contribution < -0.4 is 5.32 Å². The van der Waals surface area contributed by atoms with Gasteiger partial charge >= 0.3 is 0 Å². The summed E-state index contributed by atoms with van der Waals surface area (Å²) in [6.07, 6.45) is 3.19. The molecule has 0 saturated heterocycles. The Bertz CT molecular complexity index is 902. The van der Waals surface area contributed by atoms with Crippen molar-refractivity contribution in [2.75, 3.05) is 20.3 Å². The van der Waals surface area contributed by atoms with E-state index < -0.39 is 0 Å². The number of fused-ring (bicyclic) bond motifs is 1. The number of para-hydroxylation sites is 1. The van der Waals surface area contributed by atoms with Crippen molar-refractivity contribution in [3.63, 3.8) is 0 Å². The molecule has 0 radical (unpaired) electrons. The van der Waals surface area contributed by atoms with Crippen molar-refractivity contribution in [3.05, 3.63) is 71.2 Å². The maximum Gasteiger partial charge on any atom is 0.221 e. The molecular formula is C22H25FN2O2. The summed E-state index contributed by atoms with van der Waals surface area (Å²) in [4.78, 5) is 15.8. The standard InChI is InChI=1S/C22H25FN2O2/c1-3-15-5-4-6-18-20(14-25-22(15)18)19(13-21(26)24-11-12-27-2)16-7-9-17(23)10-8-16/h4-10,14,19,25H,3,11-13H2,1-2H3,(H,24,26). The van der Waals surface area contributed by atoms with Crippen LogP contribution >= 0.6 is 0 Å².